The molecule has 0 radical (unpaired) electrons. The summed E-state index contributed by atoms with van der Waals surface area (Å²) in [6.07, 6.45) is 1.44. The van der Waals surface area contributed by atoms with Gasteiger partial charge >= 0.3 is 6.03 Å². The quantitative estimate of drug-likeness (QED) is 0.281. The fourth-order valence-corrected chi connectivity index (χ4v) is 3.49. The predicted molar refractivity (Wildman–Crippen MR) is 135 cm³/mol. The van der Waals surface area contributed by atoms with Crippen molar-refractivity contribution in [2.45, 2.75) is 0 Å². The third-order valence-electron chi connectivity index (χ3n) is 4.80. The van der Waals surface area contributed by atoms with Crippen LogP contribution in [0.2, 0.25) is 10.0 Å². The molecule has 0 aliphatic carbocycles. The lowest BCUT2D eigenvalue weighted by atomic mass is 10.3. The fourth-order valence-electron chi connectivity index (χ4n) is 3.04. The van der Waals surface area contributed by atoms with E-state index in [1.807, 2.05) is 0 Å². The van der Waals surface area contributed by atoms with Crippen LogP contribution in [0, 0.1) is 0 Å². The number of anilines is 1. The van der Waals surface area contributed by atoms with Gasteiger partial charge in [0.25, 0.3) is 5.91 Å². The van der Waals surface area contributed by atoms with Gasteiger partial charge in [-0.3, -0.25) is 4.79 Å². The molecule has 1 aromatic heterocycles. The van der Waals surface area contributed by atoms with E-state index >= 15 is 0 Å². The van der Waals surface area contributed by atoms with Gasteiger partial charge in [-0.05, 0) is 54.6 Å². The topological polar surface area (TPSA) is 119 Å². The van der Waals surface area contributed by atoms with Crippen molar-refractivity contribution in [1.29, 1.82) is 0 Å². The van der Waals surface area contributed by atoms with E-state index in [2.05, 4.69) is 26.3 Å². The van der Waals surface area contributed by atoms with Crippen molar-refractivity contribution in [2.24, 2.45) is 0 Å². The van der Waals surface area contributed by atoms with Crippen LogP contribution in [0.1, 0.15) is 10.5 Å². The number of nitrogens with one attached hydrogen (secondary N) is 3. The summed E-state index contributed by atoms with van der Waals surface area (Å²) in [7, 11) is 1.56. The summed E-state index contributed by atoms with van der Waals surface area (Å²) in [6, 6.07) is 18.3. The second kappa shape index (κ2) is 11.4. The molecule has 1 heterocycles. The fraction of sp³-hybridized carbons (Fsp3) is 0.0833. The highest BCUT2D eigenvalue weighted by atomic mass is 35.5. The van der Waals surface area contributed by atoms with Crippen molar-refractivity contribution in [3.05, 3.63) is 88.7 Å². The second-order valence-corrected chi connectivity index (χ2v) is 8.08. The van der Waals surface area contributed by atoms with Crippen molar-refractivity contribution < 1.29 is 19.1 Å². The van der Waals surface area contributed by atoms with Crippen molar-refractivity contribution in [2.75, 3.05) is 19.1 Å². The van der Waals surface area contributed by atoms with E-state index in [9.17, 15) is 9.59 Å². The molecule has 4 rings (SSSR count). The molecule has 0 bridgehead atoms. The zero-order valence-corrected chi connectivity index (χ0v) is 20.4. The van der Waals surface area contributed by atoms with Gasteiger partial charge in [0.2, 0.25) is 0 Å². The number of aromatic nitrogens is 3. The Morgan fingerprint density at radius 3 is 2.50 bits per heavy atom. The Morgan fingerprint density at radius 2 is 1.75 bits per heavy atom. The smallest absolute Gasteiger partial charge is 0.320 e. The summed E-state index contributed by atoms with van der Waals surface area (Å²) >= 11 is 12.2. The normalized spacial score (nSPS) is 10.4. The van der Waals surface area contributed by atoms with Gasteiger partial charge in [0.15, 0.2) is 11.4 Å². The van der Waals surface area contributed by atoms with E-state index in [0.717, 1.165) is 0 Å². The molecule has 12 heteroatoms. The molecule has 0 aliphatic heterocycles. The number of methoxy groups -OCH3 is 1. The number of benzene rings is 3. The van der Waals surface area contributed by atoms with Crippen molar-refractivity contribution in [1.82, 2.24) is 25.6 Å². The predicted octanol–water partition coefficient (Wildman–Crippen LogP) is 4.88. The van der Waals surface area contributed by atoms with E-state index in [0.29, 0.717) is 38.7 Å². The summed E-state index contributed by atoms with van der Waals surface area (Å²) in [5.41, 5.74) is 1.15. The lowest BCUT2D eigenvalue weighted by molar-refractivity contribution is 0.0947. The molecule has 0 aliphatic rings. The van der Waals surface area contributed by atoms with Gasteiger partial charge in [0, 0.05) is 10.7 Å². The first-order valence-corrected chi connectivity index (χ1v) is 11.3. The number of para-hydroxylation sites is 2. The molecule has 0 fully saturated rings. The van der Waals surface area contributed by atoms with Crippen LogP contribution in [0.25, 0.3) is 5.69 Å². The number of nitrogens with zero attached hydrogens (tertiary/aromatic N) is 3. The van der Waals surface area contributed by atoms with Crippen molar-refractivity contribution in [3.8, 4) is 22.9 Å². The molecule has 3 N–H and O–H groups in total. The van der Waals surface area contributed by atoms with Gasteiger partial charge in [0.05, 0.1) is 25.0 Å². The van der Waals surface area contributed by atoms with Gasteiger partial charge in [-0.25, -0.2) is 9.48 Å². The minimum atomic E-state index is -0.523. The van der Waals surface area contributed by atoms with Gasteiger partial charge in [-0.15, -0.1) is 5.10 Å². The van der Waals surface area contributed by atoms with Crippen LogP contribution in [0.5, 0.6) is 17.2 Å². The summed E-state index contributed by atoms with van der Waals surface area (Å²) in [4.78, 5) is 24.5. The molecule has 0 atom stereocenters. The summed E-state index contributed by atoms with van der Waals surface area (Å²) < 4.78 is 12.4. The van der Waals surface area contributed by atoms with Crippen LogP contribution in [-0.2, 0) is 0 Å². The summed E-state index contributed by atoms with van der Waals surface area (Å²) in [5, 5.41) is 16.5. The Balaban J connectivity index is 1.35. The van der Waals surface area contributed by atoms with Gasteiger partial charge in [0.1, 0.15) is 17.2 Å². The van der Waals surface area contributed by atoms with E-state index in [1.165, 1.54) is 10.9 Å². The average molecular weight is 527 g/mol. The minimum absolute atomic E-state index is 0.0479. The van der Waals surface area contributed by atoms with E-state index in [1.54, 1.807) is 73.8 Å². The highest BCUT2D eigenvalue weighted by Crippen LogP contribution is 2.34. The third-order valence-corrected chi connectivity index (χ3v) is 5.33. The van der Waals surface area contributed by atoms with E-state index < -0.39 is 11.9 Å². The Kier molecular flexibility index (Phi) is 7.89. The van der Waals surface area contributed by atoms with Gasteiger partial charge in [-0.1, -0.05) is 40.5 Å². The SMILES string of the molecule is COc1ccc(NC(=O)NCNC(=O)c2cn(-c3ccccc3Oc3ccc(Cl)cc3Cl)nn2)cc1. The number of hydrogen-bond donors (Lipinski definition) is 3. The molecule has 0 spiro atoms. The maximum atomic E-state index is 12.5. The number of halogens is 2. The van der Waals surface area contributed by atoms with Crippen LogP contribution in [0.15, 0.2) is 72.9 Å². The number of rotatable bonds is 8. The van der Waals surface area contributed by atoms with E-state index in [-0.39, 0.29) is 12.4 Å². The molecule has 184 valence electrons. The molecule has 0 saturated heterocycles. The summed E-state index contributed by atoms with van der Waals surface area (Å²) in [6.45, 7) is -0.123. The number of hydrogen-bond acceptors (Lipinski definition) is 6. The van der Waals surface area contributed by atoms with Crippen LogP contribution >= 0.6 is 23.2 Å². The molecular weight excluding hydrogens is 507 g/mol. The first kappa shape index (κ1) is 24.8. The van der Waals surface area contributed by atoms with Crippen LogP contribution < -0.4 is 25.4 Å². The molecule has 0 saturated carbocycles. The first-order valence-electron chi connectivity index (χ1n) is 10.5. The van der Waals surface area contributed by atoms with Crippen LogP contribution in [0.4, 0.5) is 10.5 Å². The first-order chi connectivity index (χ1) is 17.4. The number of ether oxygens (including phenoxy) is 2. The molecular formula is C24H20Cl2N6O4. The third kappa shape index (κ3) is 6.23. The molecule has 0 unspecified atom stereocenters. The Hall–Kier alpha value is -4.28. The standard InChI is InChI=1S/C24H20Cl2N6O4/c1-35-17-9-7-16(8-10-17)29-24(34)28-14-27-23(33)19-13-32(31-30-19)20-4-2-3-5-22(20)36-21-11-6-15(25)12-18(21)26/h2-13H,14H2,1H3,(H,27,33)(H2,28,29,34). The number of carbonyl (C=O) groups excluding carboxylic acids is 2. The lowest BCUT2D eigenvalue weighted by Gasteiger charge is -2.11. The van der Waals surface area contributed by atoms with Gasteiger partial charge < -0.3 is 25.4 Å². The maximum Gasteiger partial charge on any atom is 0.320 e. The molecule has 3 aromatic carbocycles. The van der Waals surface area contributed by atoms with Crippen molar-refractivity contribution in [3.63, 3.8) is 0 Å². The number of urea groups is 1. The Morgan fingerprint density at radius 1 is 0.972 bits per heavy atom. The second-order valence-electron chi connectivity index (χ2n) is 7.23. The molecule has 4 aromatic rings. The zero-order valence-electron chi connectivity index (χ0n) is 18.9. The van der Waals surface area contributed by atoms with Gasteiger partial charge in [-0.2, -0.15) is 0 Å². The number of amides is 3. The largest absolute Gasteiger partial charge is 0.497 e. The molecule has 10 nitrogen and oxygen atoms in total. The maximum absolute atomic E-state index is 12.5. The lowest BCUT2D eigenvalue weighted by Crippen LogP contribution is -2.39. The van der Waals surface area contributed by atoms with E-state index in [4.69, 9.17) is 32.7 Å². The highest BCUT2D eigenvalue weighted by Gasteiger charge is 2.15. The van der Waals surface area contributed by atoms with Crippen LogP contribution in [0.3, 0.4) is 0 Å². The Labute approximate surface area is 216 Å². The minimum Gasteiger partial charge on any atom is -0.497 e. The summed E-state index contributed by atoms with van der Waals surface area (Å²) in [5.74, 6) is 0.996. The average Bonchev–Trinajstić information content (AvgIpc) is 3.37. The highest BCUT2D eigenvalue weighted by molar-refractivity contribution is 6.35. The molecule has 36 heavy (non-hydrogen) atoms. The molecule has 3 amide bonds. The van der Waals surface area contributed by atoms with Crippen molar-refractivity contribution >= 4 is 40.8 Å². The monoisotopic (exact) mass is 526 g/mol. The zero-order chi connectivity index (χ0) is 25.5. The number of carbonyl (C=O) groups is 2. The Bertz CT molecular complexity index is 1380. The van der Waals surface area contributed by atoms with Crippen LogP contribution in [-0.4, -0.2) is 40.7 Å².